The minimum atomic E-state index is -4.38. The minimum Gasteiger partial charge on any atom is -0.462 e. The Bertz CT molecular complexity index is 1520. The fraction of sp³-hybridized carbons (Fsp3) is 0.400. The van der Waals surface area contributed by atoms with Gasteiger partial charge in [0.05, 0.1) is 11.5 Å². The molecular formula is C25H30N5O9P. The summed E-state index contributed by atoms with van der Waals surface area (Å²) < 4.78 is 37.4. The van der Waals surface area contributed by atoms with Gasteiger partial charge in [-0.25, -0.2) is 4.57 Å². The third kappa shape index (κ3) is 5.90. The molecule has 2 aromatic heterocycles. The monoisotopic (exact) mass is 575 g/mol. The van der Waals surface area contributed by atoms with Gasteiger partial charge in [0, 0.05) is 6.20 Å². The third-order valence-electron chi connectivity index (χ3n) is 6.02. The number of fused-ring (bicyclic) bond motifs is 1. The van der Waals surface area contributed by atoms with E-state index in [1.54, 1.807) is 32.0 Å². The average Bonchev–Trinajstić information content (AvgIpc) is 3.42. The number of H-pyrrole nitrogens is 1. The van der Waals surface area contributed by atoms with E-state index >= 15 is 0 Å². The highest BCUT2D eigenvalue weighted by molar-refractivity contribution is 7.52. The molecule has 40 heavy (non-hydrogen) atoms. The lowest BCUT2D eigenvalue weighted by Gasteiger charge is -2.29. The van der Waals surface area contributed by atoms with Gasteiger partial charge in [-0.05, 0) is 39.0 Å². The van der Waals surface area contributed by atoms with Crippen molar-refractivity contribution >= 4 is 30.7 Å². The van der Waals surface area contributed by atoms with Crippen LogP contribution in [0.4, 0.5) is 5.95 Å². The topological polar surface area (TPSA) is 200 Å². The Morgan fingerprint density at radius 3 is 2.67 bits per heavy atom. The number of hydrogen-bond acceptors (Lipinski definition) is 11. The Labute approximate surface area is 229 Å². The Hall–Kier alpha value is -3.70. The molecule has 1 aliphatic heterocycles. The minimum absolute atomic E-state index is 0.0727. The summed E-state index contributed by atoms with van der Waals surface area (Å²) in [5, 5.41) is 24.5. The van der Waals surface area contributed by atoms with Gasteiger partial charge >= 0.3 is 13.7 Å². The zero-order chi connectivity index (χ0) is 29.2. The smallest absolute Gasteiger partial charge is 0.459 e. The molecule has 1 aromatic carbocycles. The fourth-order valence-corrected chi connectivity index (χ4v) is 5.59. The summed E-state index contributed by atoms with van der Waals surface area (Å²) in [7, 11) is -4.38. The van der Waals surface area contributed by atoms with Crippen LogP contribution in [-0.4, -0.2) is 67.3 Å². The van der Waals surface area contributed by atoms with Crippen LogP contribution < -0.4 is 20.9 Å². The zero-order valence-corrected chi connectivity index (χ0v) is 22.8. The number of carbonyl (C=O) groups excluding carboxylic acids is 1. The molecule has 1 unspecified atom stereocenters. The number of esters is 1. The van der Waals surface area contributed by atoms with Crippen LogP contribution in [0.3, 0.4) is 0 Å². The number of rotatable bonds is 10. The van der Waals surface area contributed by atoms with Gasteiger partial charge in [-0.1, -0.05) is 24.1 Å². The van der Waals surface area contributed by atoms with Gasteiger partial charge < -0.3 is 34.5 Å². The Morgan fingerprint density at radius 2 is 2.02 bits per heavy atom. The number of carbonyl (C=O) groups is 1. The number of nitrogens with zero attached hydrogens (tertiary/aromatic N) is 2. The third-order valence-corrected chi connectivity index (χ3v) is 7.64. The first-order valence-corrected chi connectivity index (χ1v) is 13.8. The summed E-state index contributed by atoms with van der Waals surface area (Å²) in [4.78, 5) is 31.1. The van der Waals surface area contributed by atoms with E-state index in [0.29, 0.717) is 0 Å². The Morgan fingerprint density at radius 1 is 1.32 bits per heavy atom. The molecule has 14 nitrogen and oxygen atoms in total. The number of anilines is 1. The van der Waals surface area contributed by atoms with E-state index in [2.05, 4.69) is 21.0 Å². The molecule has 0 spiro atoms. The van der Waals surface area contributed by atoms with E-state index in [9.17, 15) is 24.4 Å². The number of nitrogens with one attached hydrogen (secondary N) is 2. The molecule has 4 rings (SSSR count). The maximum absolute atomic E-state index is 13.8. The number of ether oxygens (including phenoxy) is 2. The highest BCUT2D eigenvalue weighted by Gasteiger charge is 2.56. The van der Waals surface area contributed by atoms with E-state index in [4.69, 9.17) is 30.7 Å². The van der Waals surface area contributed by atoms with Crippen LogP contribution >= 0.6 is 7.75 Å². The zero-order valence-electron chi connectivity index (χ0n) is 21.9. The summed E-state index contributed by atoms with van der Waals surface area (Å²) >= 11 is 0. The van der Waals surface area contributed by atoms with Gasteiger partial charge in [0.25, 0.3) is 5.56 Å². The number of para-hydroxylation sites is 1. The van der Waals surface area contributed by atoms with Crippen molar-refractivity contribution in [3.63, 3.8) is 0 Å². The molecule has 6 N–H and O–H groups in total. The van der Waals surface area contributed by atoms with E-state index in [-0.39, 0.29) is 22.7 Å². The van der Waals surface area contributed by atoms with Gasteiger partial charge in [0.15, 0.2) is 17.5 Å². The van der Waals surface area contributed by atoms with E-state index in [0.717, 1.165) is 0 Å². The lowest BCUT2D eigenvalue weighted by molar-refractivity contribution is -0.149. The summed E-state index contributed by atoms with van der Waals surface area (Å²) in [5.74, 6) is 1.54. The highest BCUT2D eigenvalue weighted by atomic mass is 31.2. The molecule has 1 saturated heterocycles. The van der Waals surface area contributed by atoms with Crippen molar-refractivity contribution in [3.8, 4) is 18.1 Å². The number of nitrogen functional groups attached to an aromatic ring is 1. The number of aromatic nitrogens is 3. The number of nitrogens with two attached hydrogens (primary N) is 1. The van der Waals surface area contributed by atoms with Crippen molar-refractivity contribution in [2.75, 3.05) is 12.3 Å². The fourth-order valence-electron chi connectivity index (χ4n) is 4.07. The largest absolute Gasteiger partial charge is 0.462 e. The maximum Gasteiger partial charge on any atom is 0.459 e. The van der Waals surface area contributed by atoms with Crippen molar-refractivity contribution in [2.45, 2.75) is 57.0 Å². The number of aliphatic hydroxyl groups excluding tert-OH is 2. The number of benzene rings is 1. The molecular weight excluding hydrogens is 545 g/mol. The van der Waals surface area contributed by atoms with E-state index in [1.165, 1.54) is 35.9 Å². The molecule has 1 aliphatic rings. The molecule has 214 valence electrons. The molecule has 6 atom stereocenters. The molecule has 3 aromatic rings. The first-order valence-electron chi connectivity index (χ1n) is 12.2. The summed E-state index contributed by atoms with van der Waals surface area (Å²) in [6, 6.07) is 8.32. The molecule has 0 radical (unpaired) electrons. The number of aliphatic hydroxyl groups is 2. The second kappa shape index (κ2) is 11.4. The molecule has 0 amide bonds. The van der Waals surface area contributed by atoms with E-state index < -0.39 is 62.1 Å². The van der Waals surface area contributed by atoms with Crippen molar-refractivity contribution in [1.82, 2.24) is 19.6 Å². The molecule has 1 fully saturated rings. The van der Waals surface area contributed by atoms with Crippen LogP contribution in [0.15, 0.2) is 47.4 Å². The van der Waals surface area contributed by atoms with Gasteiger partial charge in [-0.3, -0.25) is 19.1 Å². The van der Waals surface area contributed by atoms with Crippen LogP contribution in [0.1, 0.15) is 27.0 Å². The lowest BCUT2D eigenvalue weighted by Crippen LogP contribution is -2.46. The summed E-state index contributed by atoms with van der Waals surface area (Å²) in [6.45, 7) is 3.99. The first kappa shape index (κ1) is 29.3. The second-order valence-corrected chi connectivity index (χ2v) is 11.1. The highest BCUT2D eigenvalue weighted by Crippen LogP contribution is 2.48. The van der Waals surface area contributed by atoms with Gasteiger partial charge in [-0.15, -0.1) is 6.42 Å². The molecule has 0 saturated carbocycles. The average molecular weight is 576 g/mol. The number of terminal acetylenes is 1. The Balaban J connectivity index is 1.61. The van der Waals surface area contributed by atoms with Gasteiger partial charge in [0.2, 0.25) is 5.95 Å². The van der Waals surface area contributed by atoms with Crippen LogP contribution in [-0.2, 0) is 23.4 Å². The van der Waals surface area contributed by atoms with Crippen LogP contribution in [0, 0.1) is 12.3 Å². The van der Waals surface area contributed by atoms with Crippen LogP contribution in [0.25, 0.3) is 11.0 Å². The normalized spacial score (nSPS) is 24.9. The van der Waals surface area contributed by atoms with Crippen molar-refractivity contribution in [2.24, 2.45) is 0 Å². The van der Waals surface area contributed by atoms with E-state index in [1.807, 2.05) is 0 Å². The van der Waals surface area contributed by atoms with Gasteiger partial charge in [-0.2, -0.15) is 10.1 Å². The summed E-state index contributed by atoms with van der Waals surface area (Å²) in [5.41, 5.74) is 3.19. The molecule has 3 heterocycles. The van der Waals surface area contributed by atoms with Crippen molar-refractivity contribution < 1.29 is 38.1 Å². The van der Waals surface area contributed by atoms with Crippen LogP contribution in [0.5, 0.6) is 5.75 Å². The molecule has 15 heteroatoms. The molecule has 0 aliphatic carbocycles. The first-order chi connectivity index (χ1) is 18.9. The van der Waals surface area contributed by atoms with Gasteiger partial charge in [0.1, 0.15) is 30.6 Å². The predicted molar refractivity (Wildman–Crippen MR) is 143 cm³/mol. The summed E-state index contributed by atoms with van der Waals surface area (Å²) in [6.07, 6.45) is 2.02. The predicted octanol–water partition coefficient (Wildman–Crippen LogP) is 1.06. The second-order valence-electron chi connectivity index (χ2n) is 9.40. The van der Waals surface area contributed by atoms with Crippen molar-refractivity contribution in [1.29, 1.82) is 0 Å². The Kier molecular flexibility index (Phi) is 8.36. The standard InChI is InChI=1S/C25H30N5O9P/c1-5-25(19(32)18(31)22(38-25)30-12-11-17-20(30)27-24(26)28-21(17)33)13-36-40(35,39-16-9-7-6-8-10-16)29-15(4)23(34)37-14(2)3/h1,6-12,14-15,18-19,22,31-32H,13H2,2-4H3,(H,29,35)(H3,26,27,28,33)/t15-,18-,19?,22+,25+,40-/m0/s1. The number of aromatic amines is 1. The lowest BCUT2D eigenvalue weighted by atomic mass is 9.97. The van der Waals surface area contributed by atoms with Crippen LogP contribution in [0.2, 0.25) is 0 Å². The quantitative estimate of drug-likeness (QED) is 0.131. The van der Waals surface area contributed by atoms with Crippen molar-refractivity contribution in [3.05, 3.63) is 52.9 Å². The maximum atomic E-state index is 13.8. The number of hydrogen-bond donors (Lipinski definition) is 5. The SMILES string of the molecule is C#C[C@]1(CO[P@@](=O)(N[C@@H](C)C(=O)OC(C)C)Oc2ccccc2)O[C@@H](n2ccc3c(=O)[nH]c(N)nc32)[C@@H](O)C1O. The molecule has 0 bridgehead atoms.